The molecule has 37 heavy (non-hydrogen) atoms. The van der Waals surface area contributed by atoms with Gasteiger partial charge in [0.1, 0.15) is 17.2 Å². The summed E-state index contributed by atoms with van der Waals surface area (Å²) >= 11 is 0. The fourth-order valence-electron chi connectivity index (χ4n) is 5.47. The van der Waals surface area contributed by atoms with Crippen LogP contribution >= 0.6 is 0 Å². The summed E-state index contributed by atoms with van der Waals surface area (Å²) in [5, 5.41) is 24.4. The third-order valence-corrected chi connectivity index (χ3v) is 7.00. The van der Waals surface area contributed by atoms with Crippen LogP contribution in [0.2, 0.25) is 0 Å². The van der Waals surface area contributed by atoms with Crippen molar-refractivity contribution in [3.63, 3.8) is 0 Å². The number of ether oxygens (including phenoxy) is 1. The number of rotatable bonds is 7. The minimum absolute atomic E-state index is 0.145. The topological polar surface area (TPSA) is 128 Å². The van der Waals surface area contributed by atoms with Gasteiger partial charge in [-0.2, -0.15) is 5.10 Å². The number of carbonyl (C=O) groups excluding carboxylic acids is 1. The van der Waals surface area contributed by atoms with Crippen LogP contribution < -0.4 is 10.6 Å². The van der Waals surface area contributed by atoms with Crippen molar-refractivity contribution in [3.8, 4) is 0 Å². The zero-order valence-corrected chi connectivity index (χ0v) is 22.0. The van der Waals surface area contributed by atoms with Gasteiger partial charge in [0.25, 0.3) is 0 Å². The highest BCUT2D eigenvalue weighted by atomic mass is 16.6. The number of hydrogen-bond donors (Lipinski definition) is 4. The van der Waals surface area contributed by atoms with Gasteiger partial charge in [-0.25, -0.2) is 9.78 Å². The summed E-state index contributed by atoms with van der Waals surface area (Å²) in [5.74, 6) is 2.12. The van der Waals surface area contributed by atoms with Gasteiger partial charge in [-0.3, -0.25) is 10.1 Å². The van der Waals surface area contributed by atoms with Crippen molar-refractivity contribution >= 4 is 34.4 Å². The Bertz CT molecular complexity index is 1250. The maximum Gasteiger partial charge on any atom is 0.410 e. The number of piperidine rings is 1. The molecule has 0 aromatic carbocycles. The van der Waals surface area contributed by atoms with E-state index in [-0.39, 0.29) is 30.8 Å². The molecule has 10 heteroatoms. The van der Waals surface area contributed by atoms with Crippen molar-refractivity contribution in [3.05, 3.63) is 35.7 Å². The Balaban J connectivity index is 1.40. The molecule has 198 valence electrons. The maximum absolute atomic E-state index is 12.9. The molecule has 10 nitrogen and oxygen atoms in total. The van der Waals surface area contributed by atoms with Crippen molar-refractivity contribution in [2.45, 2.75) is 89.9 Å². The summed E-state index contributed by atoms with van der Waals surface area (Å²) in [6.07, 6.45) is 6.76. The van der Waals surface area contributed by atoms with Gasteiger partial charge in [-0.05, 0) is 77.8 Å². The molecule has 3 aromatic rings. The second-order valence-corrected chi connectivity index (χ2v) is 11.2. The molecule has 0 spiro atoms. The van der Waals surface area contributed by atoms with Gasteiger partial charge in [-0.15, -0.1) is 0 Å². The molecule has 0 aliphatic carbocycles. The Morgan fingerprint density at radius 3 is 2.59 bits per heavy atom. The summed E-state index contributed by atoms with van der Waals surface area (Å²) in [6, 6.07) is 6.45. The molecule has 2 saturated heterocycles. The molecular formula is C27H37N7O3. The van der Waals surface area contributed by atoms with Crippen molar-refractivity contribution in [1.29, 1.82) is 0 Å². The first-order valence-corrected chi connectivity index (χ1v) is 13.2. The van der Waals surface area contributed by atoms with E-state index in [4.69, 9.17) is 14.7 Å². The fourth-order valence-corrected chi connectivity index (χ4v) is 5.47. The second-order valence-electron chi connectivity index (χ2n) is 11.2. The Hall–Kier alpha value is -3.40. The Morgan fingerprint density at radius 1 is 1.19 bits per heavy atom. The zero-order valence-electron chi connectivity index (χ0n) is 22.0. The predicted octanol–water partition coefficient (Wildman–Crippen LogP) is 4.67. The first kappa shape index (κ1) is 25.3. The number of amides is 1. The lowest BCUT2D eigenvalue weighted by Crippen LogP contribution is -2.51. The standard InChI is InChI=1S/C27H37N7O3/c1-16-10-24(33-32-16)30-23-14-22-21(11-17(15-28-22)6-5-9-35)25(31-23)29-18-12-19-7-8-20(13-18)34(19)26(36)37-27(2,3)4/h10-11,14-15,18-20,35H,5-9,12-13H2,1-4H3,(H3,29,30,31,32,33)/t18-,19-,20+. The van der Waals surface area contributed by atoms with Crippen LogP contribution in [0, 0.1) is 6.92 Å². The van der Waals surface area contributed by atoms with Crippen LogP contribution in [-0.4, -0.2) is 66.6 Å². The van der Waals surface area contributed by atoms with E-state index in [0.717, 1.165) is 60.1 Å². The quantitative estimate of drug-likeness (QED) is 0.363. The number of nitrogens with one attached hydrogen (secondary N) is 3. The normalized spacial score (nSPS) is 21.3. The van der Waals surface area contributed by atoms with E-state index in [1.54, 1.807) is 0 Å². The molecule has 3 atom stereocenters. The SMILES string of the molecule is Cc1cc(Nc2cc3ncc(CCCO)cc3c(N[C@@H]3C[C@H]4CC[C@@H](C3)N4C(=O)OC(C)(C)C)n2)n[nH]1. The van der Waals surface area contributed by atoms with Gasteiger partial charge in [0.05, 0.1) is 5.52 Å². The summed E-state index contributed by atoms with van der Waals surface area (Å²) < 4.78 is 5.70. The van der Waals surface area contributed by atoms with Crippen molar-refractivity contribution in [2.24, 2.45) is 0 Å². The second kappa shape index (κ2) is 10.2. The van der Waals surface area contributed by atoms with E-state index in [9.17, 15) is 9.90 Å². The molecule has 2 aliphatic heterocycles. The summed E-state index contributed by atoms with van der Waals surface area (Å²) in [6.45, 7) is 7.82. The molecule has 5 heterocycles. The van der Waals surface area contributed by atoms with Gasteiger partial charge in [-0.1, -0.05) is 0 Å². The first-order chi connectivity index (χ1) is 17.7. The number of nitrogens with zero attached hydrogens (tertiary/aromatic N) is 4. The summed E-state index contributed by atoms with van der Waals surface area (Å²) in [7, 11) is 0. The monoisotopic (exact) mass is 507 g/mol. The minimum Gasteiger partial charge on any atom is -0.444 e. The lowest BCUT2D eigenvalue weighted by atomic mass is 9.97. The molecule has 4 N–H and O–H groups in total. The number of aliphatic hydroxyl groups excluding tert-OH is 1. The molecule has 5 rings (SSSR count). The van der Waals surface area contributed by atoms with Crippen LogP contribution in [0.25, 0.3) is 10.9 Å². The fraction of sp³-hybridized carbons (Fsp3) is 0.556. The van der Waals surface area contributed by atoms with Gasteiger partial charge in [0.2, 0.25) is 0 Å². The smallest absolute Gasteiger partial charge is 0.410 e. The number of H-pyrrole nitrogens is 1. The minimum atomic E-state index is -0.504. The molecule has 2 bridgehead atoms. The van der Waals surface area contributed by atoms with Gasteiger partial charge < -0.3 is 25.4 Å². The van der Waals surface area contributed by atoms with Crippen LogP contribution in [0.5, 0.6) is 0 Å². The van der Waals surface area contributed by atoms with Crippen LogP contribution in [0.3, 0.4) is 0 Å². The lowest BCUT2D eigenvalue weighted by Gasteiger charge is -2.39. The molecule has 3 aromatic heterocycles. The zero-order chi connectivity index (χ0) is 26.2. The highest BCUT2D eigenvalue weighted by molar-refractivity contribution is 5.92. The van der Waals surface area contributed by atoms with Crippen molar-refractivity contribution in [1.82, 2.24) is 25.1 Å². The van der Waals surface area contributed by atoms with Crippen LogP contribution in [-0.2, 0) is 11.2 Å². The number of hydrogen-bond acceptors (Lipinski definition) is 8. The van der Waals surface area contributed by atoms with Gasteiger partial charge in [0, 0.05) is 54.1 Å². The van der Waals surface area contributed by atoms with E-state index in [2.05, 4.69) is 26.9 Å². The largest absolute Gasteiger partial charge is 0.444 e. The average Bonchev–Trinajstić information content (AvgIpc) is 3.36. The number of pyridine rings is 2. The van der Waals surface area contributed by atoms with Gasteiger partial charge >= 0.3 is 6.09 Å². The van der Waals surface area contributed by atoms with Crippen LogP contribution in [0.1, 0.15) is 64.1 Å². The number of anilines is 3. The number of aromatic amines is 1. The lowest BCUT2D eigenvalue weighted by molar-refractivity contribution is 0.00683. The van der Waals surface area contributed by atoms with E-state index >= 15 is 0 Å². The third-order valence-electron chi connectivity index (χ3n) is 7.00. The van der Waals surface area contributed by atoms with Crippen molar-refractivity contribution < 1.29 is 14.6 Å². The van der Waals surface area contributed by atoms with Crippen LogP contribution in [0.4, 0.5) is 22.2 Å². The Kier molecular flexibility index (Phi) is 6.94. The van der Waals surface area contributed by atoms with Crippen LogP contribution in [0.15, 0.2) is 24.4 Å². The highest BCUT2D eigenvalue weighted by Gasteiger charge is 2.45. The third kappa shape index (κ3) is 5.79. The van der Waals surface area contributed by atoms with Crippen molar-refractivity contribution in [2.75, 3.05) is 17.2 Å². The molecule has 0 saturated carbocycles. The number of aromatic nitrogens is 4. The van der Waals surface area contributed by atoms with Gasteiger partial charge in [0.15, 0.2) is 5.82 Å². The molecular weight excluding hydrogens is 470 g/mol. The number of aryl methyl sites for hydroxylation is 2. The average molecular weight is 508 g/mol. The highest BCUT2D eigenvalue weighted by Crippen LogP contribution is 2.38. The Labute approximate surface area is 217 Å². The molecule has 1 amide bonds. The van der Waals surface area contributed by atoms with E-state index in [0.29, 0.717) is 18.1 Å². The first-order valence-electron chi connectivity index (χ1n) is 13.2. The maximum atomic E-state index is 12.9. The number of fused-ring (bicyclic) bond motifs is 3. The van der Waals surface area contributed by atoms with E-state index < -0.39 is 5.60 Å². The summed E-state index contributed by atoms with van der Waals surface area (Å²) in [4.78, 5) is 24.5. The number of carbonyl (C=O) groups is 1. The van der Waals surface area contributed by atoms with E-state index in [1.807, 2.05) is 50.9 Å². The van der Waals surface area contributed by atoms with E-state index in [1.165, 1.54) is 0 Å². The molecule has 2 aliphatic rings. The molecule has 0 unspecified atom stereocenters. The summed E-state index contributed by atoms with van der Waals surface area (Å²) in [5.41, 5.74) is 2.35. The predicted molar refractivity (Wildman–Crippen MR) is 143 cm³/mol. The number of aliphatic hydroxyl groups is 1. The molecule has 0 radical (unpaired) electrons. The Morgan fingerprint density at radius 2 is 1.95 bits per heavy atom. The molecule has 2 fully saturated rings.